The minimum Gasteiger partial charge on any atom is -0.381 e. The molecular formula is C8H7IN4. The van der Waals surface area contributed by atoms with E-state index >= 15 is 0 Å². The third kappa shape index (κ3) is 1.80. The quantitative estimate of drug-likeness (QED) is 0.807. The summed E-state index contributed by atoms with van der Waals surface area (Å²) < 4.78 is 1.14. The van der Waals surface area contributed by atoms with E-state index < -0.39 is 0 Å². The fraction of sp³-hybridized carbons (Fsp3) is 0. The summed E-state index contributed by atoms with van der Waals surface area (Å²) in [5.74, 6) is 0.430. The van der Waals surface area contributed by atoms with Crippen molar-refractivity contribution in [1.82, 2.24) is 15.0 Å². The molecule has 0 radical (unpaired) electrons. The van der Waals surface area contributed by atoms with Gasteiger partial charge in [0.1, 0.15) is 0 Å². The van der Waals surface area contributed by atoms with Crippen LogP contribution >= 0.6 is 22.6 Å². The molecule has 0 amide bonds. The van der Waals surface area contributed by atoms with E-state index in [1.807, 2.05) is 24.3 Å². The molecule has 0 spiro atoms. The maximum Gasteiger partial charge on any atom is 0.166 e. The van der Waals surface area contributed by atoms with Crippen molar-refractivity contribution in [1.29, 1.82) is 0 Å². The summed E-state index contributed by atoms with van der Waals surface area (Å²) in [6.45, 7) is 0. The Labute approximate surface area is 88.9 Å². The number of anilines is 1. The molecule has 2 aromatic rings. The number of nitrogen functional groups attached to an aromatic ring is 1. The molecule has 0 aliphatic rings. The Balaban J connectivity index is 2.46. The smallest absolute Gasteiger partial charge is 0.166 e. The molecule has 13 heavy (non-hydrogen) atoms. The Morgan fingerprint density at radius 1 is 1.38 bits per heavy atom. The Kier molecular flexibility index (Phi) is 2.17. The summed E-state index contributed by atoms with van der Waals surface area (Å²) in [6.07, 6.45) is 1.53. The van der Waals surface area contributed by atoms with Crippen molar-refractivity contribution in [3.05, 3.63) is 34.0 Å². The maximum absolute atomic E-state index is 5.46. The summed E-state index contributed by atoms with van der Waals surface area (Å²) in [6, 6.07) is 7.88. The van der Waals surface area contributed by atoms with E-state index in [9.17, 15) is 0 Å². The molecule has 4 nitrogen and oxygen atoms in total. The average molecular weight is 286 g/mol. The highest BCUT2D eigenvalue weighted by molar-refractivity contribution is 14.1. The number of nitrogens with two attached hydrogens (primary N) is 1. The summed E-state index contributed by atoms with van der Waals surface area (Å²) >= 11 is 2.24. The summed E-state index contributed by atoms with van der Waals surface area (Å²) in [5, 5.41) is 8.01. The van der Waals surface area contributed by atoms with Crippen molar-refractivity contribution >= 4 is 28.4 Å². The van der Waals surface area contributed by atoms with Crippen LogP contribution in [0.4, 0.5) is 5.82 Å². The van der Waals surface area contributed by atoms with Gasteiger partial charge in [-0.25, -0.2) is 0 Å². The first kappa shape index (κ1) is 8.49. The van der Waals surface area contributed by atoms with E-state index in [0.717, 1.165) is 9.26 Å². The lowest BCUT2D eigenvalue weighted by atomic mass is 10.3. The number of nitrogens with zero attached hydrogens (tertiary/aromatic N) is 3. The van der Waals surface area contributed by atoms with Crippen molar-refractivity contribution in [2.45, 2.75) is 0 Å². The first-order valence-corrected chi connectivity index (χ1v) is 4.77. The van der Waals surface area contributed by atoms with Gasteiger partial charge in [0.2, 0.25) is 0 Å². The molecule has 66 valence electrons. The molecule has 1 aromatic heterocycles. The molecule has 0 saturated carbocycles. The number of halogens is 1. The molecule has 1 aromatic carbocycles. The van der Waals surface area contributed by atoms with Gasteiger partial charge in [0.15, 0.2) is 5.82 Å². The third-order valence-electron chi connectivity index (χ3n) is 1.55. The summed E-state index contributed by atoms with van der Waals surface area (Å²) in [5.41, 5.74) is 6.38. The third-order valence-corrected chi connectivity index (χ3v) is 2.22. The van der Waals surface area contributed by atoms with Crippen LogP contribution in [-0.4, -0.2) is 15.0 Å². The number of rotatable bonds is 1. The van der Waals surface area contributed by atoms with E-state index in [1.165, 1.54) is 11.0 Å². The minimum absolute atomic E-state index is 0.430. The number of hydrogen-bond donors (Lipinski definition) is 1. The average Bonchev–Trinajstić information content (AvgIpc) is 2.52. The van der Waals surface area contributed by atoms with Crippen molar-refractivity contribution < 1.29 is 0 Å². The Morgan fingerprint density at radius 2 is 2.23 bits per heavy atom. The van der Waals surface area contributed by atoms with Gasteiger partial charge in [0.25, 0.3) is 0 Å². The van der Waals surface area contributed by atoms with Crippen molar-refractivity contribution in [2.75, 3.05) is 5.73 Å². The van der Waals surface area contributed by atoms with E-state index in [0.29, 0.717) is 5.82 Å². The zero-order valence-electron chi connectivity index (χ0n) is 6.68. The van der Waals surface area contributed by atoms with Gasteiger partial charge in [-0.05, 0) is 40.8 Å². The molecular weight excluding hydrogens is 279 g/mol. The predicted molar refractivity (Wildman–Crippen MR) is 58.5 cm³/mol. The predicted octanol–water partition coefficient (Wildman–Crippen LogP) is 1.45. The molecule has 1 heterocycles. The molecule has 2 N–H and O–H groups in total. The highest BCUT2D eigenvalue weighted by atomic mass is 127. The first-order chi connectivity index (χ1) is 6.25. The Bertz CT molecular complexity index is 424. The zero-order valence-corrected chi connectivity index (χ0v) is 8.84. The van der Waals surface area contributed by atoms with Crippen LogP contribution in [0.25, 0.3) is 5.69 Å². The molecule has 0 bridgehead atoms. The lowest BCUT2D eigenvalue weighted by Gasteiger charge is -1.98. The van der Waals surface area contributed by atoms with Crippen molar-refractivity contribution in [3.63, 3.8) is 0 Å². The largest absolute Gasteiger partial charge is 0.381 e. The van der Waals surface area contributed by atoms with Gasteiger partial charge < -0.3 is 5.73 Å². The second kappa shape index (κ2) is 3.33. The molecule has 0 saturated heterocycles. The van der Waals surface area contributed by atoms with Crippen LogP contribution in [0.5, 0.6) is 0 Å². The normalized spacial score (nSPS) is 10.2. The second-order valence-corrected chi connectivity index (χ2v) is 3.78. The van der Waals surface area contributed by atoms with Gasteiger partial charge >= 0.3 is 0 Å². The molecule has 0 aliphatic heterocycles. The second-order valence-electron chi connectivity index (χ2n) is 2.54. The Morgan fingerprint density at radius 3 is 2.85 bits per heavy atom. The van der Waals surface area contributed by atoms with Crippen LogP contribution in [0.15, 0.2) is 30.5 Å². The van der Waals surface area contributed by atoms with Crippen LogP contribution in [0.2, 0.25) is 0 Å². The minimum atomic E-state index is 0.430. The van der Waals surface area contributed by atoms with Gasteiger partial charge in [0, 0.05) is 3.57 Å². The molecule has 5 heteroatoms. The van der Waals surface area contributed by atoms with Crippen molar-refractivity contribution in [2.24, 2.45) is 0 Å². The van der Waals surface area contributed by atoms with E-state index in [2.05, 4.69) is 32.8 Å². The maximum atomic E-state index is 5.46. The highest BCUT2D eigenvalue weighted by Gasteiger charge is 1.99. The molecule has 0 atom stereocenters. The fourth-order valence-corrected chi connectivity index (χ4v) is 1.53. The van der Waals surface area contributed by atoms with Crippen LogP contribution in [0.3, 0.4) is 0 Å². The number of benzene rings is 1. The lowest BCUT2D eigenvalue weighted by molar-refractivity contribution is 0.754. The van der Waals surface area contributed by atoms with Gasteiger partial charge in [-0.2, -0.15) is 5.10 Å². The number of hydrogen-bond acceptors (Lipinski definition) is 3. The summed E-state index contributed by atoms with van der Waals surface area (Å²) in [7, 11) is 0. The van der Waals surface area contributed by atoms with Gasteiger partial charge in [-0.15, -0.1) is 9.90 Å². The van der Waals surface area contributed by atoms with Gasteiger partial charge in [-0.1, -0.05) is 6.07 Å². The van der Waals surface area contributed by atoms with E-state index in [4.69, 9.17) is 5.73 Å². The van der Waals surface area contributed by atoms with Gasteiger partial charge in [-0.3, -0.25) is 0 Å². The van der Waals surface area contributed by atoms with Crippen LogP contribution in [0.1, 0.15) is 0 Å². The lowest BCUT2D eigenvalue weighted by Crippen LogP contribution is -1.99. The van der Waals surface area contributed by atoms with Crippen molar-refractivity contribution in [3.8, 4) is 5.69 Å². The molecule has 0 unspecified atom stereocenters. The SMILES string of the molecule is Nc1cnn(-c2cccc(I)c2)n1. The van der Waals surface area contributed by atoms with E-state index in [-0.39, 0.29) is 0 Å². The first-order valence-electron chi connectivity index (χ1n) is 3.69. The van der Waals surface area contributed by atoms with Crippen LogP contribution < -0.4 is 5.73 Å². The topological polar surface area (TPSA) is 56.7 Å². The van der Waals surface area contributed by atoms with Crippen LogP contribution in [-0.2, 0) is 0 Å². The molecule has 0 fully saturated rings. The summed E-state index contributed by atoms with van der Waals surface area (Å²) in [4.78, 5) is 1.51. The standard InChI is InChI=1S/C8H7IN4/c9-6-2-1-3-7(4-6)13-11-5-8(10)12-13/h1-5H,(H2,10,12). The number of aromatic nitrogens is 3. The fourth-order valence-electron chi connectivity index (χ4n) is 1.000. The van der Waals surface area contributed by atoms with E-state index in [1.54, 1.807) is 0 Å². The highest BCUT2D eigenvalue weighted by Crippen LogP contribution is 2.10. The molecule has 0 aliphatic carbocycles. The van der Waals surface area contributed by atoms with Crippen LogP contribution in [0, 0.1) is 3.57 Å². The zero-order chi connectivity index (χ0) is 9.26. The monoisotopic (exact) mass is 286 g/mol. The Hall–Kier alpha value is -1.11. The van der Waals surface area contributed by atoms with Gasteiger partial charge in [0.05, 0.1) is 11.9 Å². The molecule has 2 rings (SSSR count).